The third kappa shape index (κ3) is 4.51. The summed E-state index contributed by atoms with van der Waals surface area (Å²) in [6.07, 6.45) is 0. The first-order chi connectivity index (χ1) is 13.9. The van der Waals surface area contributed by atoms with E-state index in [-0.39, 0.29) is 24.8 Å². The van der Waals surface area contributed by atoms with Crippen LogP contribution < -0.4 is 0 Å². The van der Waals surface area contributed by atoms with Gasteiger partial charge in [0.15, 0.2) is 6.61 Å². The monoisotopic (exact) mass is 396 g/mol. The zero-order valence-electron chi connectivity index (χ0n) is 16.1. The Bertz CT molecular complexity index is 938. The number of ether oxygens (including phenoxy) is 1. The Kier molecular flexibility index (Phi) is 6.07. The quantitative estimate of drug-likeness (QED) is 0.675. The highest BCUT2D eigenvalue weighted by Gasteiger charge is 2.32. The van der Waals surface area contributed by atoms with E-state index in [1.165, 1.54) is 21.9 Å². The predicted octanol–water partition coefficient (Wildman–Crippen LogP) is 2.84. The number of rotatable bonds is 7. The predicted molar refractivity (Wildman–Crippen MR) is 105 cm³/mol. The molecule has 2 aromatic rings. The second-order valence-corrected chi connectivity index (χ2v) is 6.58. The van der Waals surface area contributed by atoms with E-state index in [0.29, 0.717) is 28.9 Å². The van der Waals surface area contributed by atoms with Crippen molar-refractivity contribution in [1.29, 1.82) is 0 Å². The van der Waals surface area contributed by atoms with Crippen LogP contribution in [0.4, 0.5) is 4.39 Å². The summed E-state index contributed by atoms with van der Waals surface area (Å²) in [7, 11) is 0. The molecule has 29 heavy (non-hydrogen) atoms. The van der Waals surface area contributed by atoms with Crippen LogP contribution in [0.3, 0.4) is 0 Å². The molecule has 2 amide bonds. The van der Waals surface area contributed by atoms with Gasteiger partial charge in [-0.15, -0.1) is 0 Å². The molecule has 1 heterocycles. The summed E-state index contributed by atoms with van der Waals surface area (Å²) in [6, 6.07) is 12.9. The zero-order chi connectivity index (χ0) is 21.0. The Labute approximate surface area is 168 Å². The molecule has 150 valence electrons. The van der Waals surface area contributed by atoms with E-state index in [1.807, 2.05) is 0 Å². The highest BCUT2D eigenvalue weighted by molar-refractivity contribution is 6.10. The molecule has 0 N–H and O–H groups in total. The van der Waals surface area contributed by atoms with E-state index >= 15 is 0 Å². The van der Waals surface area contributed by atoms with Crippen LogP contribution >= 0.6 is 0 Å². The lowest BCUT2D eigenvalue weighted by Gasteiger charge is -2.21. The maximum Gasteiger partial charge on any atom is 0.326 e. The maximum atomic E-state index is 13.3. The Morgan fingerprint density at radius 1 is 1.14 bits per heavy atom. The number of esters is 1. The second-order valence-electron chi connectivity index (χ2n) is 6.58. The maximum absolute atomic E-state index is 13.3. The third-order valence-electron chi connectivity index (χ3n) is 4.68. The molecule has 0 saturated carbocycles. The van der Waals surface area contributed by atoms with Gasteiger partial charge in [0.2, 0.25) is 0 Å². The van der Waals surface area contributed by atoms with Crippen molar-refractivity contribution < 1.29 is 23.5 Å². The Hall–Kier alpha value is -3.48. The van der Waals surface area contributed by atoms with Crippen molar-refractivity contribution in [3.05, 3.63) is 77.6 Å². The molecule has 7 heteroatoms. The van der Waals surface area contributed by atoms with Crippen molar-refractivity contribution in [2.45, 2.75) is 13.5 Å². The first kappa shape index (κ1) is 20.3. The van der Waals surface area contributed by atoms with Crippen molar-refractivity contribution in [2.24, 2.45) is 0 Å². The molecular weight excluding hydrogens is 375 g/mol. The highest BCUT2D eigenvalue weighted by atomic mass is 19.1. The standard InChI is InChI=1S/C22H21FN2O4/c1-3-24(12-16-7-6-8-17(23)11-16)20(26)14-29-21(27)13-25-15(2)18-9-4-5-10-19(18)22(25)28/h4-11H,2-3,12-14H2,1H3. The number of hydrogen-bond acceptors (Lipinski definition) is 4. The van der Waals surface area contributed by atoms with Crippen LogP contribution in [0, 0.1) is 5.82 Å². The Balaban J connectivity index is 1.54. The lowest BCUT2D eigenvalue weighted by Crippen LogP contribution is -2.36. The molecule has 0 radical (unpaired) electrons. The molecule has 0 spiro atoms. The number of carbonyl (C=O) groups is 3. The summed E-state index contributed by atoms with van der Waals surface area (Å²) in [6.45, 7) is 5.45. The minimum Gasteiger partial charge on any atom is -0.454 e. The van der Waals surface area contributed by atoms with Gasteiger partial charge in [0, 0.05) is 29.9 Å². The Morgan fingerprint density at radius 3 is 2.52 bits per heavy atom. The highest BCUT2D eigenvalue weighted by Crippen LogP contribution is 2.30. The normalized spacial score (nSPS) is 12.7. The molecule has 0 bridgehead atoms. The summed E-state index contributed by atoms with van der Waals surface area (Å²) in [5.74, 6) is -1.81. The number of nitrogens with zero attached hydrogens (tertiary/aromatic N) is 2. The molecule has 1 aliphatic rings. The number of fused-ring (bicyclic) bond motifs is 1. The molecule has 0 saturated heterocycles. The molecule has 0 unspecified atom stereocenters. The molecular formula is C22H21FN2O4. The van der Waals surface area contributed by atoms with Crippen LogP contribution in [0.15, 0.2) is 55.1 Å². The van der Waals surface area contributed by atoms with Gasteiger partial charge >= 0.3 is 5.97 Å². The van der Waals surface area contributed by atoms with Crippen LogP contribution in [0.2, 0.25) is 0 Å². The van der Waals surface area contributed by atoms with Crippen molar-refractivity contribution in [3.63, 3.8) is 0 Å². The number of likely N-dealkylation sites (N-methyl/N-ethyl adjacent to an activating group) is 1. The zero-order valence-corrected chi connectivity index (χ0v) is 16.1. The number of halogens is 1. The smallest absolute Gasteiger partial charge is 0.326 e. The third-order valence-corrected chi connectivity index (χ3v) is 4.68. The fourth-order valence-corrected chi connectivity index (χ4v) is 3.14. The molecule has 0 aliphatic carbocycles. The summed E-state index contributed by atoms with van der Waals surface area (Å²) in [4.78, 5) is 39.7. The van der Waals surface area contributed by atoms with Gasteiger partial charge in [0.05, 0.1) is 0 Å². The van der Waals surface area contributed by atoms with Crippen molar-refractivity contribution >= 4 is 23.5 Å². The number of hydrogen-bond donors (Lipinski definition) is 0. The number of carbonyl (C=O) groups excluding carboxylic acids is 3. The fraction of sp³-hybridized carbons (Fsp3) is 0.227. The molecule has 0 fully saturated rings. The van der Waals surface area contributed by atoms with Crippen LogP contribution in [0.25, 0.3) is 5.70 Å². The van der Waals surface area contributed by atoms with Crippen LogP contribution in [-0.2, 0) is 20.9 Å². The SMILES string of the molecule is C=C1c2ccccc2C(=O)N1CC(=O)OCC(=O)N(CC)Cc1cccc(F)c1. The van der Waals surface area contributed by atoms with Crippen LogP contribution in [-0.4, -0.2) is 47.3 Å². The van der Waals surface area contributed by atoms with Crippen LogP contribution in [0.5, 0.6) is 0 Å². The van der Waals surface area contributed by atoms with Gasteiger partial charge in [-0.05, 0) is 30.7 Å². The minimum atomic E-state index is -0.706. The summed E-state index contributed by atoms with van der Waals surface area (Å²) >= 11 is 0. The molecule has 1 aliphatic heterocycles. The summed E-state index contributed by atoms with van der Waals surface area (Å²) < 4.78 is 18.4. The molecule has 6 nitrogen and oxygen atoms in total. The van der Waals surface area contributed by atoms with E-state index < -0.39 is 18.5 Å². The average molecular weight is 396 g/mol. The number of benzene rings is 2. The minimum absolute atomic E-state index is 0.210. The van der Waals surface area contributed by atoms with E-state index in [9.17, 15) is 18.8 Å². The van der Waals surface area contributed by atoms with Crippen molar-refractivity contribution in [2.75, 3.05) is 19.7 Å². The van der Waals surface area contributed by atoms with E-state index in [2.05, 4.69) is 6.58 Å². The molecule has 0 atom stereocenters. The first-order valence-electron chi connectivity index (χ1n) is 9.18. The topological polar surface area (TPSA) is 66.9 Å². The Morgan fingerprint density at radius 2 is 1.86 bits per heavy atom. The average Bonchev–Trinajstić information content (AvgIpc) is 2.95. The molecule has 0 aromatic heterocycles. The van der Waals surface area contributed by atoms with Gasteiger partial charge in [-0.1, -0.05) is 36.9 Å². The van der Waals surface area contributed by atoms with E-state index in [0.717, 1.165) is 0 Å². The van der Waals surface area contributed by atoms with Crippen molar-refractivity contribution in [3.8, 4) is 0 Å². The lowest BCUT2D eigenvalue weighted by atomic mass is 10.1. The van der Waals surface area contributed by atoms with E-state index in [1.54, 1.807) is 43.3 Å². The van der Waals surface area contributed by atoms with Gasteiger partial charge in [0.25, 0.3) is 11.8 Å². The molecule has 3 rings (SSSR count). The fourth-order valence-electron chi connectivity index (χ4n) is 3.14. The van der Waals surface area contributed by atoms with Gasteiger partial charge in [-0.3, -0.25) is 19.3 Å². The van der Waals surface area contributed by atoms with Gasteiger partial charge in [-0.2, -0.15) is 0 Å². The molecule has 2 aromatic carbocycles. The van der Waals surface area contributed by atoms with Crippen molar-refractivity contribution in [1.82, 2.24) is 9.80 Å². The first-order valence-corrected chi connectivity index (χ1v) is 9.18. The largest absolute Gasteiger partial charge is 0.454 e. The lowest BCUT2D eigenvalue weighted by molar-refractivity contribution is -0.152. The van der Waals surface area contributed by atoms with Gasteiger partial charge in [-0.25, -0.2) is 4.39 Å². The van der Waals surface area contributed by atoms with Crippen LogP contribution in [0.1, 0.15) is 28.4 Å². The summed E-state index contributed by atoms with van der Waals surface area (Å²) in [5.41, 5.74) is 2.22. The second kappa shape index (κ2) is 8.68. The van der Waals surface area contributed by atoms with Gasteiger partial charge < -0.3 is 9.64 Å². The van der Waals surface area contributed by atoms with Gasteiger partial charge in [0.1, 0.15) is 12.4 Å². The van der Waals surface area contributed by atoms with E-state index in [4.69, 9.17) is 4.74 Å². The number of amides is 2. The summed E-state index contributed by atoms with van der Waals surface area (Å²) in [5, 5.41) is 0.